The smallest absolute Gasteiger partial charge is 0.304 e. The maximum Gasteiger partial charge on any atom is 0.304 e. The Bertz CT molecular complexity index is 1240. The number of carbonyl (C=O) groups is 2. The van der Waals surface area contributed by atoms with E-state index in [9.17, 15) is 22.4 Å². The summed E-state index contributed by atoms with van der Waals surface area (Å²) in [6.07, 6.45) is 4.92. The van der Waals surface area contributed by atoms with E-state index in [0.717, 1.165) is 52.8 Å². The highest BCUT2D eigenvalue weighted by Gasteiger charge is 2.33. The number of hydrogen-bond acceptors (Lipinski definition) is 4. The van der Waals surface area contributed by atoms with E-state index in [2.05, 4.69) is 5.32 Å². The van der Waals surface area contributed by atoms with Gasteiger partial charge in [-0.15, -0.1) is 0 Å². The molecule has 1 saturated carbocycles. The number of hydrogen-bond donors (Lipinski definition) is 1. The molecule has 0 spiro atoms. The number of nitrogens with one attached hydrogen (secondary N) is 1. The fourth-order valence-corrected chi connectivity index (χ4v) is 5.83. The average molecular weight is 588 g/mol. The summed E-state index contributed by atoms with van der Waals surface area (Å²) in [5, 5.41) is 3.76. The predicted molar refractivity (Wildman–Crippen MR) is 148 cm³/mol. The molecule has 1 aliphatic carbocycles. The third-order valence-corrected chi connectivity index (χ3v) is 9.01. The third kappa shape index (κ3) is 7.59. The van der Waals surface area contributed by atoms with Crippen molar-refractivity contribution in [1.82, 2.24) is 14.5 Å². The molecule has 208 valence electrons. The second kappa shape index (κ2) is 13.1. The van der Waals surface area contributed by atoms with E-state index in [-0.39, 0.29) is 24.2 Å². The Morgan fingerprint density at radius 1 is 1.05 bits per heavy atom. The Kier molecular flexibility index (Phi) is 10.4. The van der Waals surface area contributed by atoms with Crippen LogP contribution < -0.4 is 9.62 Å². The molecular formula is C26H33Cl2FN4O4S. The zero-order valence-electron chi connectivity index (χ0n) is 21.7. The van der Waals surface area contributed by atoms with E-state index in [1.54, 1.807) is 19.1 Å². The Morgan fingerprint density at radius 3 is 2.26 bits per heavy atom. The minimum absolute atomic E-state index is 0.0274. The lowest BCUT2D eigenvalue weighted by Crippen LogP contribution is -2.53. The number of amides is 2. The van der Waals surface area contributed by atoms with Gasteiger partial charge in [0.1, 0.15) is 18.4 Å². The first-order valence-corrected chi connectivity index (χ1v) is 14.5. The molecule has 0 radical (unpaired) electrons. The van der Waals surface area contributed by atoms with Crippen LogP contribution in [0.4, 0.5) is 10.1 Å². The van der Waals surface area contributed by atoms with Crippen molar-refractivity contribution in [2.45, 2.75) is 57.7 Å². The molecule has 0 heterocycles. The van der Waals surface area contributed by atoms with Crippen molar-refractivity contribution in [2.24, 2.45) is 0 Å². The minimum atomic E-state index is -4.14. The summed E-state index contributed by atoms with van der Waals surface area (Å²) in [5.74, 6) is -1.51. The molecule has 3 rings (SSSR count). The second-order valence-electron chi connectivity index (χ2n) is 9.55. The number of rotatable bonds is 10. The molecule has 12 heteroatoms. The standard InChI is InChI=1S/C26H33Cl2FN4O4S/c1-18(26(35)30-22-7-5-4-6-8-22)32(16-19-9-10-20(27)15-24(19)28)25(34)17-33(38(36,37)31(2)3)23-13-11-21(29)12-14-23/h9-15,18,22H,4-8,16-17H2,1-3H3,(H,30,35)/t18-/m0/s1. The first-order valence-electron chi connectivity index (χ1n) is 12.4. The van der Waals surface area contributed by atoms with Crippen molar-refractivity contribution in [2.75, 3.05) is 24.9 Å². The van der Waals surface area contributed by atoms with Crippen LogP contribution in [0.2, 0.25) is 10.0 Å². The van der Waals surface area contributed by atoms with Gasteiger partial charge >= 0.3 is 10.2 Å². The number of nitrogens with zero attached hydrogens (tertiary/aromatic N) is 3. The molecule has 38 heavy (non-hydrogen) atoms. The molecule has 0 unspecified atom stereocenters. The first kappa shape index (κ1) is 30.1. The molecule has 2 amide bonds. The normalized spacial score (nSPS) is 15.2. The van der Waals surface area contributed by atoms with Crippen molar-refractivity contribution in [3.05, 3.63) is 63.9 Å². The molecule has 2 aromatic rings. The Morgan fingerprint density at radius 2 is 1.68 bits per heavy atom. The molecule has 2 aromatic carbocycles. The zero-order valence-corrected chi connectivity index (χ0v) is 24.0. The Labute approximate surface area is 233 Å². The van der Waals surface area contributed by atoms with Crippen LogP contribution in [-0.2, 0) is 26.3 Å². The molecule has 0 saturated heterocycles. The van der Waals surface area contributed by atoms with Crippen LogP contribution in [0, 0.1) is 5.82 Å². The number of carbonyl (C=O) groups excluding carboxylic acids is 2. The van der Waals surface area contributed by atoms with Crippen LogP contribution in [0.25, 0.3) is 0 Å². The summed E-state index contributed by atoms with van der Waals surface area (Å²) in [7, 11) is -1.47. The van der Waals surface area contributed by atoms with E-state index >= 15 is 0 Å². The Hall–Kier alpha value is -2.40. The van der Waals surface area contributed by atoms with Gasteiger partial charge in [-0.25, -0.2) is 8.70 Å². The van der Waals surface area contributed by atoms with Gasteiger partial charge in [-0.3, -0.25) is 9.59 Å². The number of halogens is 3. The SMILES string of the molecule is C[C@@H](C(=O)NC1CCCCC1)N(Cc1ccc(Cl)cc1Cl)C(=O)CN(c1ccc(F)cc1)S(=O)(=O)N(C)C. The van der Waals surface area contributed by atoms with Crippen LogP contribution in [0.5, 0.6) is 0 Å². The van der Waals surface area contributed by atoms with Crippen molar-refractivity contribution in [1.29, 1.82) is 0 Å². The highest BCUT2D eigenvalue weighted by molar-refractivity contribution is 7.90. The monoisotopic (exact) mass is 586 g/mol. The van der Waals surface area contributed by atoms with Crippen LogP contribution in [0.15, 0.2) is 42.5 Å². The van der Waals surface area contributed by atoms with Crippen molar-refractivity contribution >= 4 is 50.9 Å². The summed E-state index contributed by atoms with van der Waals surface area (Å²) in [5.41, 5.74) is 0.655. The van der Waals surface area contributed by atoms with Gasteiger partial charge in [-0.2, -0.15) is 12.7 Å². The largest absolute Gasteiger partial charge is 0.352 e. The minimum Gasteiger partial charge on any atom is -0.352 e. The molecule has 1 aliphatic rings. The number of benzene rings is 2. The molecule has 0 aromatic heterocycles. The van der Waals surface area contributed by atoms with E-state index in [0.29, 0.717) is 15.6 Å². The average Bonchev–Trinajstić information content (AvgIpc) is 2.87. The molecule has 1 atom stereocenters. The third-order valence-electron chi connectivity index (χ3n) is 6.61. The summed E-state index contributed by atoms with van der Waals surface area (Å²) in [6.45, 7) is 0.939. The van der Waals surface area contributed by atoms with Crippen molar-refractivity contribution < 1.29 is 22.4 Å². The maximum atomic E-state index is 13.8. The molecule has 0 bridgehead atoms. The zero-order chi connectivity index (χ0) is 28.0. The highest BCUT2D eigenvalue weighted by Crippen LogP contribution is 2.25. The van der Waals surface area contributed by atoms with E-state index in [4.69, 9.17) is 23.2 Å². The van der Waals surface area contributed by atoms with Gasteiger partial charge in [0.15, 0.2) is 0 Å². The van der Waals surface area contributed by atoms with Crippen molar-refractivity contribution in [3.8, 4) is 0 Å². The molecule has 0 aliphatic heterocycles. The highest BCUT2D eigenvalue weighted by atomic mass is 35.5. The van der Waals surface area contributed by atoms with Gasteiger partial charge in [0.25, 0.3) is 0 Å². The number of anilines is 1. The van der Waals surface area contributed by atoms with Gasteiger partial charge in [-0.05, 0) is 61.7 Å². The summed E-state index contributed by atoms with van der Waals surface area (Å²) in [4.78, 5) is 28.3. The van der Waals surface area contributed by atoms with Gasteiger partial charge in [0.05, 0.1) is 5.69 Å². The van der Waals surface area contributed by atoms with Gasteiger partial charge in [0.2, 0.25) is 11.8 Å². The van der Waals surface area contributed by atoms with Crippen LogP contribution in [-0.4, -0.2) is 62.2 Å². The summed E-state index contributed by atoms with van der Waals surface area (Å²) in [6, 6.07) is 8.71. The van der Waals surface area contributed by atoms with Crippen molar-refractivity contribution in [3.63, 3.8) is 0 Å². The predicted octanol–water partition coefficient (Wildman–Crippen LogP) is 4.61. The van der Waals surface area contributed by atoms with Gasteiger partial charge in [-0.1, -0.05) is 48.5 Å². The quantitative estimate of drug-likeness (QED) is 0.440. The van der Waals surface area contributed by atoms with E-state index in [1.165, 1.54) is 37.2 Å². The van der Waals surface area contributed by atoms with Crippen LogP contribution >= 0.6 is 23.2 Å². The fraction of sp³-hybridized carbons (Fsp3) is 0.462. The molecule has 1 fully saturated rings. The van der Waals surface area contributed by atoms with E-state index < -0.39 is 34.5 Å². The fourth-order valence-electron chi connectivity index (χ4n) is 4.31. The summed E-state index contributed by atoms with van der Waals surface area (Å²) < 4.78 is 41.7. The van der Waals surface area contributed by atoms with Gasteiger partial charge < -0.3 is 10.2 Å². The molecule has 8 nitrogen and oxygen atoms in total. The Balaban J connectivity index is 1.94. The molecule has 1 N–H and O–H groups in total. The lowest BCUT2D eigenvalue weighted by molar-refractivity contribution is -0.139. The lowest BCUT2D eigenvalue weighted by Gasteiger charge is -2.34. The molecular weight excluding hydrogens is 554 g/mol. The van der Waals surface area contributed by atoms with Crippen LogP contribution in [0.3, 0.4) is 0 Å². The van der Waals surface area contributed by atoms with Gasteiger partial charge in [0, 0.05) is 36.7 Å². The van der Waals surface area contributed by atoms with E-state index in [1.807, 2.05) is 0 Å². The van der Waals surface area contributed by atoms with Crippen LogP contribution in [0.1, 0.15) is 44.6 Å². The first-order chi connectivity index (χ1) is 17.9. The lowest BCUT2D eigenvalue weighted by atomic mass is 9.95. The second-order valence-corrected chi connectivity index (χ2v) is 12.5. The summed E-state index contributed by atoms with van der Waals surface area (Å²) >= 11 is 12.4. The topological polar surface area (TPSA) is 90.0 Å². The maximum absolute atomic E-state index is 13.8.